The summed E-state index contributed by atoms with van der Waals surface area (Å²) in [6.45, 7) is 5.79. The van der Waals surface area contributed by atoms with Crippen molar-refractivity contribution in [2.45, 2.75) is 44.9 Å². The molecule has 2 aliphatic rings. The fraction of sp³-hybridized carbons (Fsp3) is 0.591. The second-order valence-corrected chi connectivity index (χ2v) is 8.49. The summed E-state index contributed by atoms with van der Waals surface area (Å²) >= 11 is 0. The Hall–Kier alpha value is -2.65. The normalized spacial score (nSPS) is 21.7. The monoisotopic (exact) mass is 429 g/mol. The van der Waals surface area contributed by atoms with Gasteiger partial charge in [0.05, 0.1) is 24.9 Å². The van der Waals surface area contributed by atoms with E-state index in [1.54, 1.807) is 10.6 Å². The standard InChI is InChI=1S/C22H31N5O4/c1-14-17(15(2)26(4)24-14)7-8-21(28)27-10-19-20(11-27)31-13-16(12-30-19)23-22(29)18-6-5-9-25(18)3/h5-6,9,16,19-20H,7-8,10-13H2,1-4H3,(H,23,29)/t19-,20-/m0/s1. The van der Waals surface area contributed by atoms with Crippen LogP contribution in [0.1, 0.15) is 33.9 Å². The second kappa shape index (κ2) is 8.84. The first-order valence-electron chi connectivity index (χ1n) is 10.8. The maximum atomic E-state index is 12.8. The molecule has 9 nitrogen and oxygen atoms in total. The lowest BCUT2D eigenvalue weighted by Crippen LogP contribution is -2.42. The number of likely N-dealkylation sites (tertiary alicyclic amines) is 1. The molecule has 2 aromatic rings. The third-order valence-electron chi connectivity index (χ3n) is 6.35. The molecule has 0 radical (unpaired) electrons. The Kier molecular flexibility index (Phi) is 6.15. The Morgan fingerprint density at radius 1 is 1.16 bits per heavy atom. The highest BCUT2D eigenvalue weighted by molar-refractivity contribution is 5.92. The maximum Gasteiger partial charge on any atom is 0.268 e. The lowest BCUT2D eigenvalue weighted by molar-refractivity contribution is -0.131. The molecule has 0 saturated carbocycles. The first-order valence-corrected chi connectivity index (χ1v) is 10.8. The van der Waals surface area contributed by atoms with Gasteiger partial charge in [0.15, 0.2) is 0 Å². The summed E-state index contributed by atoms with van der Waals surface area (Å²) in [5.41, 5.74) is 3.83. The average molecular weight is 430 g/mol. The second-order valence-electron chi connectivity index (χ2n) is 8.49. The molecule has 4 heterocycles. The molecular weight excluding hydrogens is 398 g/mol. The van der Waals surface area contributed by atoms with Gasteiger partial charge in [-0.3, -0.25) is 14.3 Å². The molecule has 4 rings (SSSR count). The molecular formula is C22H31N5O4. The van der Waals surface area contributed by atoms with Crippen molar-refractivity contribution in [3.63, 3.8) is 0 Å². The number of nitrogens with one attached hydrogen (secondary N) is 1. The van der Waals surface area contributed by atoms with E-state index in [2.05, 4.69) is 10.4 Å². The van der Waals surface area contributed by atoms with Gasteiger partial charge in [-0.2, -0.15) is 5.10 Å². The molecule has 0 spiro atoms. The number of ether oxygens (including phenoxy) is 2. The Labute approximate surface area is 182 Å². The van der Waals surface area contributed by atoms with Gasteiger partial charge in [0.1, 0.15) is 17.9 Å². The minimum Gasteiger partial charge on any atom is -0.371 e. The van der Waals surface area contributed by atoms with Gasteiger partial charge in [-0.25, -0.2) is 0 Å². The first-order chi connectivity index (χ1) is 14.8. The highest BCUT2D eigenvalue weighted by atomic mass is 16.6. The lowest BCUT2D eigenvalue weighted by Gasteiger charge is -2.19. The van der Waals surface area contributed by atoms with Crippen LogP contribution in [0, 0.1) is 13.8 Å². The zero-order valence-electron chi connectivity index (χ0n) is 18.6. The molecule has 1 N–H and O–H groups in total. The summed E-state index contributed by atoms with van der Waals surface area (Å²) < 4.78 is 15.7. The minimum atomic E-state index is -0.214. The number of fused-ring (bicyclic) bond motifs is 1. The summed E-state index contributed by atoms with van der Waals surface area (Å²) in [5, 5.41) is 7.40. The number of hydrogen-bond donors (Lipinski definition) is 1. The van der Waals surface area contributed by atoms with Crippen LogP contribution >= 0.6 is 0 Å². The summed E-state index contributed by atoms with van der Waals surface area (Å²) in [5.74, 6) is -0.0361. The third-order valence-corrected chi connectivity index (χ3v) is 6.35. The van der Waals surface area contributed by atoms with Crippen molar-refractivity contribution < 1.29 is 19.1 Å². The largest absolute Gasteiger partial charge is 0.371 e. The van der Waals surface area contributed by atoms with Crippen LogP contribution in [0.4, 0.5) is 0 Å². The molecule has 0 aromatic carbocycles. The Balaban J connectivity index is 1.27. The van der Waals surface area contributed by atoms with E-state index in [4.69, 9.17) is 9.47 Å². The molecule has 2 amide bonds. The smallest absolute Gasteiger partial charge is 0.268 e. The number of hydrogen-bond acceptors (Lipinski definition) is 5. The van der Waals surface area contributed by atoms with E-state index in [-0.39, 0.29) is 30.1 Å². The van der Waals surface area contributed by atoms with Gasteiger partial charge >= 0.3 is 0 Å². The number of carbonyl (C=O) groups is 2. The van der Waals surface area contributed by atoms with Crippen molar-refractivity contribution >= 4 is 11.8 Å². The number of carbonyl (C=O) groups excluding carboxylic acids is 2. The van der Waals surface area contributed by atoms with Crippen LogP contribution in [0.15, 0.2) is 18.3 Å². The van der Waals surface area contributed by atoms with Gasteiger partial charge < -0.3 is 24.3 Å². The van der Waals surface area contributed by atoms with Crippen molar-refractivity contribution in [1.82, 2.24) is 24.6 Å². The van der Waals surface area contributed by atoms with Gasteiger partial charge in [0.25, 0.3) is 5.91 Å². The van der Waals surface area contributed by atoms with Gasteiger partial charge in [-0.05, 0) is 38.0 Å². The van der Waals surface area contributed by atoms with Crippen molar-refractivity contribution in [3.8, 4) is 0 Å². The molecule has 2 atom stereocenters. The van der Waals surface area contributed by atoms with Crippen molar-refractivity contribution in [3.05, 3.63) is 41.0 Å². The summed E-state index contributed by atoms with van der Waals surface area (Å²) in [7, 11) is 3.76. The maximum absolute atomic E-state index is 12.8. The predicted octanol–water partition coefficient (Wildman–Crippen LogP) is 0.733. The quantitative estimate of drug-likeness (QED) is 0.757. The molecule has 31 heavy (non-hydrogen) atoms. The van der Waals surface area contributed by atoms with Crippen LogP contribution in [0.3, 0.4) is 0 Å². The molecule has 0 bridgehead atoms. The number of rotatable bonds is 5. The van der Waals surface area contributed by atoms with Gasteiger partial charge in [0.2, 0.25) is 5.91 Å². The highest BCUT2D eigenvalue weighted by Crippen LogP contribution is 2.22. The Morgan fingerprint density at radius 2 is 1.84 bits per heavy atom. The van der Waals surface area contributed by atoms with E-state index in [1.807, 2.05) is 49.8 Å². The van der Waals surface area contributed by atoms with Crippen LogP contribution in [-0.2, 0) is 34.8 Å². The number of aromatic nitrogens is 3. The van der Waals surface area contributed by atoms with Crippen LogP contribution in [0.5, 0.6) is 0 Å². The summed E-state index contributed by atoms with van der Waals surface area (Å²) in [6, 6.07) is 3.40. The number of amides is 2. The van der Waals surface area contributed by atoms with Crippen molar-refractivity contribution in [1.29, 1.82) is 0 Å². The number of aryl methyl sites for hydroxylation is 3. The van der Waals surface area contributed by atoms with E-state index in [0.717, 1.165) is 17.0 Å². The third kappa shape index (κ3) is 4.52. The van der Waals surface area contributed by atoms with Crippen molar-refractivity contribution in [2.75, 3.05) is 26.3 Å². The Morgan fingerprint density at radius 3 is 2.39 bits per heavy atom. The molecule has 2 saturated heterocycles. The van der Waals surface area contributed by atoms with Crippen LogP contribution in [0.2, 0.25) is 0 Å². The van der Waals surface area contributed by atoms with E-state index < -0.39 is 0 Å². The molecule has 0 unspecified atom stereocenters. The van der Waals surface area contributed by atoms with Crippen molar-refractivity contribution in [2.24, 2.45) is 14.1 Å². The van der Waals surface area contributed by atoms with E-state index >= 15 is 0 Å². The SMILES string of the molecule is Cc1nn(C)c(C)c1CCC(=O)N1C[C@@H]2OCC(NC(=O)c3cccn3C)CO[C@H]2C1. The van der Waals surface area contributed by atoms with Crippen LogP contribution < -0.4 is 5.32 Å². The predicted molar refractivity (Wildman–Crippen MR) is 114 cm³/mol. The van der Waals surface area contributed by atoms with Gasteiger partial charge in [-0.15, -0.1) is 0 Å². The highest BCUT2D eigenvalue weighted by Gasteiger charge is 2.39. The molecule has 9 heteroatoms. The molecule has 0 aliphatic carbocycles. The average Bonchev–Trinajstić information content (AvgIpc) is 3.37. The fourth-order valence-electron chi connectivity index (χ4n) is 4.40. The summed E-state index contributed by atoms with van der Waals surface area (Å²) in [4.78, 5) is 27.0. The first kappa shape index (κ1) is 21.6. The zero-order valence-corrected chi connectivity index (χ0v) is 18.6. The lowest BCUT2D eigenvalue weighted by atomic mass is 10.1. The van der Waals surface area contributed by atoms with E-state index in [9.17, 15) is 9.59 Å². The van der Waals surface area contributed by atoms with Gasteiger partial charge in [0, 0.05) is 45.5 Å². The minimum absolute atomic E-state index is 0.108. The van der Waals surface area contributed by atoms with Gasteiger partial charge in [-0.1, -0.05) is 0 Å². The van der Waals surface area contributed by atoms with E-state index in [0.29, 0.717) is 44.8 Å². The zero-order chi connectivity index (χ0) is 22.1. The fourth-order valence-corrected chi connectivity index (χ4v) is 4.40. The molecule has 2 aliphatic heterocycles. The van der Waals surface area contributed by atoms with Crippen LogP contribution in [0.25, 0.3) is 0 Å². The molecule has 168 valence electrons. The Bertz CT molecular complexity index is 949. The molecule has 2 fully saturated rings. The van der Waals surface area contributed by atoms with E-state index in [1.165, 1.54) is 0 Å². The van der Waals surface area contributed by atoms with Crippen LogP contribution in [-0.4, -0.2) is 75.6 Å². The summed E-state index contributed by atoms with van der Waals surface area (Å²) in [6.07, 6.45) is 2.64. The molecule has 2 aromatic heterocycles. The topological polar surface area (TPSA) is 90.6 Å². The number of nitrogens with zero attached hydrogens (tertiary/aromatic N) is 4.